The molecule has 1 aromatic carbocycles. The van der Waals surface area contributed by atoms with Crippen molar-refractivity contribution >= 4 is 21.7 Å². The maximum atomic E-state index is 6.00. The Morgan fingerprint density at radius 3 is 2.94 bits per heavy atom. The molecule has 92 valence electrons. The van der Waals surface area contributed by atoms with Crippen molar-refractivity contribution in [2.75, 3.05) is 5.73 Å². The van der Waals surface area contributed by atoms with Gasteiger partial charge in [-0.15, -0.1) is 0 Å². The highest BCUT2D eigenvalue weighted by atomic mass is 79.9. The monoisotopic (exact) mass is 303 g/mol. The van der Waals surface area contributed by atoms with Gasteiger partial charge in [-0.25, -0.2) is 9.97 Å². The molecule has 1 aliphatic rings. The normalized spacial score (nSPS) is 13.6. The summed E-state index contributed by atoms with van der Waals surface area (Å²) in [7, 11) is 0. The second kappa shape index (κ2) is 4.69. The summed E-state index contributed by atoms with van der Waals surface area (Å²) in [5.41, 5.74) is 9.50. The molecule has 2 aromatic rings. The van der Waals surface area contributed by atoms with Gasteiger partial charge in [0.1, 0.15) is 11.6 Å². The van der Waals surface area contributed by atoms with Crippen molar-refractivity contribution in [2.24, 2.45) is 0 Å². The molecule has 0 amide bonds. The summed E-state index contributed by atoms with van der Waals surface area (Å²) in [4.78, 5) is 9.05. The van der Waals surface area contributed by atoms with Crippen LogP contribution in [-0.4, -0.2) is 9.97 Å². The van der Waals surface area contributed by atoms with Crippen LogP contribution in [0.4, 0.5) is 5.82 Å². The fourth-order valence-corrected chi connectivity index (χ4v) is 2.87. The summed E-state index contributed by atoms with van der Waals surface area (Å²) in [5.74, 6) is 1.49. The van der Waals surface area contributed by atoms with Crippen LogP contribution in [0.2, 0.25) is 0 Å². The Bertz CT molecular complexity index is 596. The van der Waals surface area contributed by atoms with Crippen LogP contribution < -0.4 is 5.73 Å². The van der Waals surface area contributed by atoms with Crippen molar-refractivity contribution in [1.82, 2.24) is 9.97 Å². The summed E-state index contributed by atoms with van der Waals surface area (Å²) in [6, 6.07) is 8.21. The van der Waals surface area contributed by atoms with Crippen molar-refractivity contribution in [3.63, 3.8) is 0 Å². The Morgan fingerprint density at radius 2 is 2.11 bits per heavy atom. The third-order valence-corrected chi connectivity index (χ3v) is 3.76. The van der Waals surface area contributed by atoms with Crippen LogP contribution in [0.1, 0.15) is 29.1 Å². The van der Waals surface area contributed by atoms with E-state index in [2.05, 4.69) is 38.0 Å². The number of nitrogens with two attached hydrogens (primary N) is 1. The van der Waals surface area contributed by atoms with Crippen molar-refractivity contribution in [2.45, 2.75) is 25.7 Å². The number of aromatic nitrogens is 2. The van der Waals surface area contributed by atoms with E-state index in [4.69, 9.17) is 5.73 Å². The first-order valence-corrected chi connectivity index (χ1v) is 6.90. The first kappa shape index (κ1) is 11.7. The number of anilines is 1. The number of hydrogen-bond donors (Lipinski definition) is 1. The van der Waals surface area contributed by atoms with Crippen LogP contribution in [-0.2, 0) is 19.3 Å². The fourth-order valence-electron chi connectivity index (χ4n) is 2.42. The van der Waals surface area contributed by atoms with E-state index in [9.17, 15) is 0 Å². The van der Waals surface area contributed by atoms with Crippen molar-refractivity contribution in [3.8, 4) is 0 Å². The third kappa shape index (κ3) is 2.25. The number of halogens is 1. The number of rotatable bonds is 2. The molecule has 4 heteroatoms. The molecule has 0 fully saturated rings. The zero-order chi connectivity index (χ0) is 12.5. The lowest BCUT2D eigenvalue weighted by molar-refractivity contribution is 0.886. The van der Waals surface area contributed by atoms with E-state index < -0.39 is 0 Å². The van der Waals surface area contributed by atoms with Gasteiger partial charge in [-0.2, -0.15) is 0 Å². The largest absolute Gasteiger partial charge is 0.383 e. The summed E-state index contributed by atoms with van der Waals surface area (Å²) in [6.45, 7) is 0. The Kier molecular flexibility index (Phi) is 3.04. The number of benzene rings is 1. The van der Waals surface area contributed by atoms with Crippen molar-refractivity contribution in [3.05, 3.63) is 51.4 Å². The molecule has 0 spiro atoms. The van der Waals surface area contributed by atoms with Gasteiger partial charge in [0.2, 0.25) is 0 Å². The maximum Gasteiger partial charge on any atom is 0.135 e. The molecule has 1 heterocycles. The summed E-state index contributed by atoms with van der Waals surface area (Å²) in [6.07, 6.45) is 3.94. The zero-order valence-corrected chi connectivity index (χ0v) is 11.6. The molecule has 1 aliphatic carbocycles. The minimum atomic E-state index is 0.669. The molecule has 0 bridgehead atoms. The lowest BCUT2D eigenvalue weighted by Crippen LogP contribution is -2.06. The average Bonchev–Trinajstić information content (AvgIpc) is 2.77. The quantitative estimate of drug-likeness (QED) is 0.928. The van der Waals surface area contributed by atoms with Crippen LogP contribution in [0, 0.1) is 0 Å². The van der Waals surface area contributed by atoms with Gasteiger partial charge in [0.15, 0.2) is 0 Å². The molecule has 0 saturated heterocycles. The van der Waals surface area contributed by atoms with Gasteiger partial charge >= 0.3 is 0 Å². The lowest BCUT2D eigenvalue weighted by atomic mass is 10.1. The maximum absolute atomic E-state index is 6.00. The molecule has 3 nitrogen and oxygen atoms in total. The van der Waals surface area contributed by atoms with Gasteiger partial charge in [-0.1, -0.05) is 28.1 Å². The Balaban J connectivity index is 1.92. The Labute approximate surface area is 115 Å². The van der Waals surface area contributed by atoms with E-state index in [1.54, 1.807) is 0 Å². The number of nitrogens with zero attached hydrogens (tertiary/aromatic N) is 2. The van der Waals surface area contributed by atoms with Gasteiger partial charge in [0.25, 0.3) is 0 Å². The van der Waals surface area contributed by atoms with Crippen LogP contribution >= 0.6 is 15.9 Å². The fraction of sp³-hybridized carbons (Fsp3) is 0.286. The molecule has 0 radical (unpaired) electrons. The molecule has 2 N–H and O–H groups in total. The number of aryl methyl sites for hydroxylation is 1. The van der Waals surface area contributed by atoms with E-state index in [-0.39, 0.29) is 0 Å². The molecule has 0 saturated carbocycles. The highest BCUT2D eigenvalue weighted by molar-refractivity contribution is 9.10. The number of hydrogen-bond acceptors (Lipinski definition) is 3. The third-order valence-electron chi connectivity index (χ3n) is 3.26. The molecule has 1 aromatic heterocycles. The Morgan fingerprint density at radius 1 is 1.22 bits per heavy atom. The predicted octanol–water partition coefficient (Wildman–Crippen LogP) is 2.90. The van der Waals surface area contributed by atoms with Crippen LogP contribution in [0.5, 0.6) is 0 Å². The van der Waals surface area contributed by atoms with Gasteiger partial charge in [-0.3, -0.25) is 0 Å². The Hall–Kier alpha value is -1.42. The van der Waals surface area contributed by atoms with Gasteiger partial charge < -0.3 is 5.73 Å². The topological polar surface area (TPSA) is 51.8 Å². The molecule has 18 heavy (non-hydrogen) atoms. The molecule has 0 aliphatic heterocycles. The SMILES string of the molecule is Nc1nc(Cc2cccc(Br)c2)nc2c1CCC2. The van der Waals surface area contributed by atoms with Gasteiger partial charge in [-0.05, 0) is 37.0 Å². The van der Waals surface area contributed by atoms with Crippen LogP contribution in [0.25, 0.3) is 0 Å². The van der Waals surface area contributed by atoms with Gasteiger partial charge in [0, 0.05) is 22.2 Å². The van der Waals surface area contributed by atoms with Gasteiger partial charge in [0.05, 0.1) is 0 Å². The van der Waals surface area contributed by atoms with E-state index in [1.807, 2.05) is 12.1 Å². The number of nitrogen functional groups attached to an aromatic ring is 1. The smallest absolute Gasteiger partial charge is 0.135 e. The molecular formula is C14H14BrN3. The first-order chi connectivity index (χ1) is 8.72. The lowest BCUT2D eigenvalue weighted by Gasteiger charge is -2.07. The zero-order valence-electron chi connectivity index (χ0n) is 9.99. The number of fused-ring (bicyclic) bond motifs is 1. The first-order valence-electron chi connectivity index (χ1n) is 6.11. The van der Waals surface area contributed by atoms with Crippen LogP contribution in [0.3, 0.4) is 0 Å². The summed E-state index contributed by atoms with van der Waals surface area (Å²) < 4.78 is 1.08. The molecule has 0 unspecified atom stereocenters. The average molecular weight is 304 g/mol. The molecule has 0 atom stereocenters. The summed E-state index contributed by atoms with van der Waals surface area (Å²) in [5, 5.41) is 0. The highest BCUT2D eigenvalue weighted by Crippen LogP contribution is 2.25. The second-order valence-corrected chi connectivity index (χ2v) is 5.53. The van der Waals surface area contributed by atoms with E-state index in [1.165, 1.54) is 5.56 Å². The molecular weight excluding hydrogens is 290 g/mol. The molecule has 3 rings (SSSR count). The second-order valence-electron chi connectivity index (χ2n) is 4.61. The standard InChI is InChI=1S/C14H14BrN3/c15-10-4-1-3-9(7-10)8-13-17-12-6-2-5-11(12)14(16)18-13/h1,3-4,7H,2,5-6,8H2,(H2,16,17,18). The minimum Gasteiger partial charge on any atom is -0.383 e. The highest BCUT2D eigenvalue weighted by Gasteiger charge is 2.17. The minimum absolute atomic E-state index is 0.669. The van der Waals surface area contributed by atoms with E-state index in [0.717, 1.165) is 47.2 Å². The van der Waals surface area contributed by atoms with Crippen LogP contribution in [0.15, 0.2) is 28.7 Å². The summed E-state index contributed by atoms with van der Waals surface area (Å²) >= 11 is 3.47. The van der Waals surface area contributed by atoms with Crippen molar-refractivity contribution < 1.29 is 0 Å². The van der Waals surface area contributed by atoms with E-state index >= 15 is 0 Å². The predicted molar refractivity (Wildman–Crippen MR) is 75.4 cm³/mol. The van der Waals surface area contributed by atoms with Crippen molar-refractivity contribution in [1.29, 1.82) is 0 Å². The van der Waals surface area contributed by atoms with E-state index in [0.29, 0.717) is 5.82 Å².